The van der Waals surface area contributed by atoms with Crippen LogP contribution in [-0.2, 0) is 0 Å². The summed E-state index contributed by atoms with van der Waals surface area (Å²) in [6, 6.07) is 10.2. The molecule has 0 aliphatic rings. The normalized spacial score (nSPS) is 12.5. The van der Waals surface area contributed by atoms with E-state index in [4.69, 9.17) is 17.4 Å². The van der Waals surface area contributed by atoms with E-state index >= 15 is 0 Å². The highest BCUT2D eigenvalue weighted by atomic mass is 35.5. The Balaban J connectivity index is 2.53. The number of hydrazine groups is 1. The van der Waals surface area contributed by atoms with Crippen LogP contribution in [0.15, 0.2) is 36.4 Å². The van der Waals surface area contributed by atoms with E-state index < -0.39 is 0 Å². The van der Waals surface area contributed by atoms with Crippen LogP contribution in [0.3, 0.4) is 0 Å². The average Bonchev–Trinajstić information content (AvgIpc) is 2.34. The highest BCUT2D eigenvalue weighted by Gasteiger charge is 2.16. The molecule has 0 aromatic heterocycles. The SMILES string of the molecule is Cc1cc(F)cc(C(NN)c2cccc(Cl)c2C)c1. The third kappa shape index (κ3) is 2.95. The molecular weight excluding hydrogens is 263 g/mol. The number of nitrogens with one attached hydrogen (secondary N) is 1. The van der Waals surface area contributed by atoms with Gasteiger partial charge < -0.3 is 0 Å². The van der Waals surface area contributed by atoms with Crippen molar-refractivity contribution in [2.24, 2.45) is 5.84 Å². The van der Waals surface area contributed by atoms with Crippen LogP contribution in [0.25, 0.3) is 0 Å². The molecule has 0 radical (unpaired) electrons. The van der Waals surface area contributed by atoms with Gasteiger partial charge in [0.1, 0.15) is 5.82 Å². The number of rotatable bonds is 3. The zero-order chi connectivity index (χ0) is 14.0. The van der Waals surface area contributed by atoms with Gasteiger partial charge in [-0.05, 0) is 54.3 Å². The van der Waals surface area contributed by atoms with E-state index in [1.165, 1.54) is 12.1 Å². The maximum Gasteiger partial charge on any atom is 0.123 e. The van der Waals surface area contributed by atoms with Gasteiger partial charge in [0, 0.05) is 5.02 Å². The summed E-state index contributed by atoms with van der Waals surface area (Å²) in [6.45, 7) is 3.78. The molecule has 0 heterocycles. The zero-order valence-corrected chi connectivity index (χ0v) is 11.6. The second-order valence-electron chi connectivity index (χ2n) is 4.62. The Morgan fingerprint density at radius 2 is 1.95 bits per heavy atom. The number of nitrogens with two attached hydrogens (primary N) is 1. The highest BCUT2D eigenvalue weighted by molar-refractivity contribution is 6.31. The minimum atomic E-state index is -0.284. The van der Waals surface area contributed by atoms with Crippen LogP contribution < -0.4 is 11.3 Å². The topological polar surface area (TPSA) is 38.0 Å². The molecule has 0 aliphatic carbocycles. The number of hydrogen-bond donors (Lipinski definition) is 2. The molecule has 2 nitrogen and oxygen atoms in total. The molecule has 2 aromatic carbocycles. The number of halogens is 2. The summed E-state index contributed by atoms with van der Waals surface area (Å²) < 4.78 is 13.5. The predicted octanol–water partition coefficient (Wildman–Crippen LogP) is 3.65. The highest BCUT2D eigenvalue weighted by Crippen LogP contribution is 2.29. The van der Waals surface area contributed by atoms with Gasteiger partial charge in [-0.2, -0.15) is 0 Å². The van der Waals surface area contributed by atoms with E-state index in [0.717, 1.165) is 22.3 Å². The Bertz CT molecular complexity index is 578. The zero-order valence-electron chi connectivity index (χ0n) is 10.9. The van der Waals surface area contributed by atoms with Crippen molar-refractivity contribution >= 4 is 11.6 Å². The molecule has 100 valence electrons. The first-order chi connectivity index (χ1) is 9.02. The molecule has 4 heteroatoms. The van der Waals surface area contributed by atoms with E-state index in [-0.39, 0.29) is 11.9 Å². The lowest BCUT2D eigenvalue weighted by Gasteiger charge is -2.20. The van der Waals surface area contributed by atoms with Crippen molar-refractivity contribution in [1.29, 1.82) is 0 Å². The third-order valence-corrected chi connectivity index (χ3v) is 3.59. The van der Waals surface area contributed by atoms with Crippen molar-refractivity contribution in [3.8, 4) is 0 Å². The lowest BCUT2D eigenvalue weighted by atomic mass is 9.94. The van der Waals surface area contributed by atoms with Gasteiger partial charge in [0.15, 0.2) is 0 Å². The molecule has 0 amide bonds. The van der Waals surface area contributed by atoms with Crippen LogP contribution in [0.1, 0.15) is 28.3 Å². The Kier molecular flexibility index (Phi) is 4.20. The van der Waals surface area contributed by atoms with Gasteiger partial charge in [-0.3, -0.25) is 5.84 Å². The summed E-state index contributed by atoms with van der Waals surface area (Å²) in [7, 11) is 0. The minimum Gasteiger partial charge on any atom is -0.271 e. The van der Waals surface area contributed by atoms with E-state index in [9.17, 15) is 4.39 Å². The fourth-order valence-corrected chi connectivity index (χ4v) is 2.42. The van der Waals surface area contributed by atoms with Crippen molar-refractivity contribution in [2.75, 3.05) is 0 Å². The average molecular weight is 279 g/mol. The first kappa shape index (κ1) is 14.0. The first-order valence-corrected chi connectivity index (χ1v) is 6.39. The Labute approximate surface area is 117 Å². The lowest BCUT2D eigenvalue weighted by Crippen LogP contribution is -2.29. The quantitative estimate of drug-likeness (QED) is 0.664. The standard InChI is InChI=1S/C15H16ClFN2/c1-9-6-11(8-12(17)7-9)15(19-18)13-4-3-5-14(16)10(13)2/h3-8,15,19H,18H2,1-2H3. The van der Waals surface area contributed by atoms with Crippen LogP contribution in [0.4, 0.5) is 4.39 Å². The van der Waals surface area contributed by atoms with Crippen LogP contribution in [0.5, 0.6) is 0 Å². The fraction of sp³-hybridized carbons (Fsp3) is 0.200. The summed E-state index contributed by atoms with van der Waals surface area (Å²) in [4.78, 5) is 0. The Hall–Kier alpha value is -1.42. The van der Waals surface area contributed by atoms with E-state index in [1.807, 2.05) is 38.1 Å². The molecule has 0 aliphatic heterocycles. The fourth-order valence-electron chi connectivity index (χ4n) is 2.23. The molecule has 19 heavy (non-hydrogen) atoms. The van der Waals surface area contributed by atoms with Crippen molar-refractivity contribution in [3.05, 3.63) is 69.5 Å². The van der Waals surface area contributed by atoms with Gasteiger partial charge >= 0.3 is 0 Å². The summed E-state index contributed by atoms with van der Waals surface area (Å²) >= 11 is 6.12. The summed E-state index contributed by atoms with van der Waals surface area (Å²) in [5, 5.41) is 0.672. The number of hydrogen-bond acceptors (Lipinski definition) is 2. The molecule has 0 bridgehead atoms. The maximum atomic E-state index is 13.5. The second kappa shape index (κ2) is 5.70. The van der Waals surface area contributed by atoms with Gasteiger partial charge in [-0.1, -0.05) is 29.8 Å². The van der Waals surface area contributed by atoms with Crippen LogP contribution in [0, 0.1) is 19.7 Å². The van der Waals surface area contributed by atoms with Crippen LogP contribution in [0.2, 0.25) is 5.02 Å². The van der Waals surface area contributed by atoms with Crippen molar-refractivity contribution in [2.45, 2.75) is 19.9 Å². The Morgan fingerprint density at radius 1 is 1.21 bits per heavy atom. The summed E-state index contributed by atoms with van der Waals surface area (Å²) in [5.41, 5.74) is 6.25. The molecule has 0 spiro atoms. The lowest BCUT2D eigenvalue weighted by molar-refractivity contribution is 0.602. The molecule has 1 unspecified atom stereocenters. The first-order valence-electron chi connectivity index (χ1n) is 6.01. The smallest absolute Gasteiger partial charge is 0.123 e. The molecule has 0 saturated heterocycles. The van der Waals surface area contributed by atoms with Gasteiger partial charge in [0.2, 0.25) is 0 Å². The molecule has 2 rings (SSSR count). The molecule has 1 atom stereocenters. The predicted molar refractivity (Wildman–Crippen MR) is 76.5 cm³/mol. The van der Waals surface area contributed by atoms with Gasteiger partial charge in [-0.15, -0.1) is 0 Å². The van der Waals surface area contributed by atoms with E-state index in [2.05, 4.69) is 5.43 Å². The van der Waals surface area contributed by atoms with Gasteiger partial charge in [0.25, 0.3) is 0 Å². The van der Waals surface area contributed by atoms with Crippen molar-refractivity contribution in [1.82, 2.24) is 5.43 Å². The van der Waals surface area contributed by atoms with Crippen molar-refractivity contribution < 1.29 is 4.39 Å². The molecule has 0 fully saturated rings. The Morgan fingerprint density at radius 3 is 2.58 bits per heavy atom. The third-order valence-electron chi connectivity index (χ3n) is 3.19. The monoisotopic (exact) mass is 278 g/mol. The van der Waals surface area contributed by atoms with Crippen LogP contribution in [-0.4, -0.2) is 0 Å². The van der Waals surface area contributed by atoms with Gasteiger partial charge in [-0.25, -0.2) is 9.82 Å². The number of aryl methyl sites for hydroxylation is 1. The summed E-state index contributed by atoms with van der Waals surface area (Å²) in [6.07, 6.45) is 0. The molecule has 3 N–H and O–H groups in total. The molecule has 2 aromatic rings. The van der Waals surface area contributed by atoms with E-state index in [0.29, 0.717) is 5.02 Å². The summed E-state index contributed by atoms with van der Waals surface area (Å²) in [5.74, 6) is 5.37. The molecular formula is C15H16ClFN2. The molecule has 0 saturated carbocycles. The number of benzene rings is 2. The van der Waals surface area contributed by atoms with Crippen LogP contribution >= 0.6 is 11.6 Å². The van der Waals surface area contributed by atoms with E-state index in [1.54, 1.807) is 0 Å². The second-order valence-corrected chi connectivity index (χ2v) is 5.02. The maximum absolute atomic E-state index is 13.5. The van der Waals surface area contributed by atoms with Crippen molar-refractivity contribution in [3.63, 3.8) is 0 Å². The minimum absolute atomic E-state index is 0.269. The van der Waals surface area contributed by atoms with Gasteiger partial charge in [0.05, 0.1) is 6.04 Å². The largest absolute Gasteiger partial charge is 0.271 e.